The van der Waals surface area contributed by atoms with Crippen molar-refractivity contribution in [2.45, 2.75) is 57.2 Å². The minimum Gasteiger partial charge on any atom is -0.481 e. The zero-order valence-corrected chi connectivity index (χ0v) is 10.9. The number of carboxylic acid groups (broad SMARTS) is 1. The second-order valence-electron chi connectivity index (χ2n) is 4.98. The molecule has 104 valence electrons. The molecule has 1 saturated carbocycles. The standard InChI is InChI=1S/C12H22N2O4/c1-8(7-11(16)17)13-12(18)14(2)9-5-3-4-6-10(9)15/h8-10,15H,3-7H2,1-2H3,(H,13,18)(H,16,17). The van der Waals surface area contributed by atoms with Crippen molar-refractivity contribution in [2.24, 2.45) is 0 Å². The van der Waals surface area contributed by atoms with Gasteiger partial charge in [-0.15, -0.1) is 0 Å². The van der Waals surface area contributed by atoms with Crippen LogP contribution in [0.5, 0.6) is 0 Å². The summed E-state index contributed by atoms with van der Waals surface area (Å²) >= 11 is 0. The van der Waals surface area contributed by atoms with Gasteiger partial charge in [0.1, 0.15) is 0 Å². The van der Waals surface area contributed by atoms with E-state index in [4.69, 9.17) is 5.11 Å². The minimum atomic E-state index is -0.942. The summed E-state index contributed by atoms with van der Waals surface area (Å²) in [5.74, 6) is -0.942. The maximum atomic E-state index is 11.9. The third-order valence-corrected chi connectivity index (χ3v) is 3.36. The fourth-order valence-corrected chi connectivity index (χ4v) is 2.32. The molecule has 0 aromatic heterocycles. The Morgan fingerprint density at radius 1 is 1.39 bits per heavy atom. The third-order valence-electron chi connectivity index (χ3n) is 3.36. The van der Waals surface area contributed by atoms with Crippen LogP contribution in [0.25, 0.3) is 0 Å². The lowest BCUT2D eigenvalue weighted by Crippen LogP contribution is -2.51. The lowest BCUT2D eigenvalue weighted by molar-refractivity contribution is -0.137. The first-order chi connectivity index (χ1) is 8.41. The fourth-order valence-electron chi connectivity index (χ4n) is 2.32. The summed E-state index contributed by atoms with van der Waals surface area (Å²) in [6.45, 7) is 1.65. The van der Waals surface area contributed by atoms with Crippen LogP contribution in [0.2, 0.25) is 0 Å². The normalized spacial score (nSPS) is 25.3. The molecule has 2 amide bonds. The molecule has 3 unspecified atom stereocenters. The number of aliphatic hydroxyl groups is 1. The van der Waals surface area contributed by atoms with Crippen LogP contribution in [-0.2, 0) is 4.79 Å². The van der Waals surface area contributed by atoms with E-state index < -0.39 is 18.1 Å². The molecule has 18 heavy (non-hydrogen) atoms. The maximum absolute atomic E-state index is 11.9. The van der Waals surface area contributed by atoms with Crippen molar-refractivity contribution in [1.82, 2.24) is 10.2 Å². The van der Waals surface area contributed by atoms with Gasteiger partial charge in [0.25, 0.3) is 0 Å². The number of urea groups is 1. The molecule has 0 saturated heterocycles. The Kier molecular flexibility index (Phi) is 5.40. The van der Waals surface area contributed by atoms with Gasteiger partial charge in [0, 0.05) is 13.1 Å². The van der Waals surface area contributed by atoms with E-state index in [0.29, 0.717) is 6.42 Å². The summed E-state index contributed by atoms with van der Waals surface area (Å²) in [7, 11) is 1.64. The molecule has 0 radical (unpaired) electrons. The molecular weight excluding hydrogens is 236 g/mol. The Morgan fingerprint density at radius 2 is 2.00 bits per heavy atom. The first-order valence-electron chi connectivity index (χ1n) is 6.35. The molecule has 1 aliphatic carbocycles. The number of nitrogens with zero attached hydrogens (tertiary/aromatic N) is 1. The van der Waals surface area contributed by atoms with E-state index in [1.54, 1.807) is 14.0 Å². The number of rotatable bonds is 4. The van der Waals surface area contributed by atoms with Crippen LogP contribution in [0.3, 0.4) is 0 Å². The smallest absolute Gasteiger partial charge is 0.317 e. The first-order valence-corrected chi connectivity index (χ1v) is 6.35. The molecule has 0 bridgehead atoms. The highest BCUT2D eigenvalue weighted by Crippen LogP contribution is 2.22. The van der Waals surface area contributed by atoms with E-state index in [0.717, 1.165) is 19.3 Å². The number of hydrogen-bond acceptors (Lipinski definition) is 3. The highest BCUT2D eigenvalue weighted by atomic mass is 16.4. The quantitative estimate of drug-likeness (QED) is 0.695. The summed E-state index contributed by atoms with van der Waals surface area (Å²) in [5, 5.41) is 21.1. The van der Waals surface area contributed by atoms with Gasteiger partial charge in [0.05, 0.1) is 18.6 Å². The van der Waals surface area contributed by atoms with Crippen molar-refractivity contribution in [3.63, 3.8) is 0 Å². The molecule has 6 nitrogen and oxygen atoms in total. The zero-order valence-electron chi connectivity index (χ0n) is 10.9. The van der Waals surface area contributed by atoms with Gasteiger partial charge in [-0.1, -0.05) is 12.8 Å². The van der Waals surface area contributed by atoms with Gasteiger partial charge in [-0.2, -0.15) is 0 Å². The van der Waals surface area contributed by atoms with Crippen molar-refractivity contribution in [3.8, 4) is 0 Å². The second-order valence-corrected chi connectivity index (χ2v) is 4.98. The van der Waals surface area contributed by atoms with Crippen molar-refractivity contribution in [1.29, 1.82) is 0 Å². The number of carbonyl (C=O) groups is 2. The Hall–Kier alpha value is -1.30. The van der Waals surface area contributed by atoms with E-state index in [2.05, 4.69) is 5.32 Å². The number of aliphatic carboxylic acids is 1. The Labute approximate surface area is 107 Å². The molecule has 1 aliphatic rings. The van der Waals surface area contributed by atoms with Gasteiger partial charge in [-0.05, 0) is 19.8 Å². The summed E-state index contributed by atoms with van der Waals surface area (Å²) < 4.78 is 0. The third kappa shape index (κ3) is 4.18. The van der Waals surface area contributed by atoms with Crippen LogP contribution in [-0.4, -0.2) is 52.3 Å². The van der Waals surface area contributed by atoms with E-state index in [1.165, 1.54) is 4.90 Å². The lowest BCUT2D eigenvalue weighted by Gasteiger charge is -2.35. The number of carbonyl (C=O) groups excluding carboxylic acids is 1. The number of amides is 2. The predicted molar refractivity (Wildman–Crippen MR) is 66.3 cm³/mol. The Bertz CT molecular complexity index is 308. The van der Waals surface area contributed by atoms with Gasteiger partial charge >= 0.3 is 12.0 Å². The summed E-state index contributed by atoms with van der Waals surface area (Å²) in [4.78, 5) is 23.9. The number of likely N-dealkylation sites (N-methyl/N-ethyl adjacent to an activating group) is 1. The van der Waals surface area contributed by atoms with Gasteiger partial charge in [0.2, 0.25) is 0 Å². The fraction of sp³-hybridized carbons (Fsp3) is 0.833. The van der Waals surface area contributed by atoms with Gasteiger partial charge in [-0.3, -0.25) is 4.79 Å². The number of hydrogen-bond donors (Lipinski definition) is 3. The average Bonchev–Trinajstić information content (AvgIpc) is 2.27. The molecule has 0 aliphatic heterocycles. The van der Waals surface area contributed by atoms with Crippen LogP contribution in [0, 0.1) is 0 Å². The number of nitrogens with one attached hydrogen (secondary N) is 1. The zero-order chi connectivity index (χ0) is 13.7. The van der Waals surface area contributed by atoms with Crippen LogP contribution >= 0.6 is 0 Å². The van der Waals surface area contributed by atoms with E-state index >= 15 is 0 Å². The second kappa shape index (κ2) is 6.58. The van der Waals surface area contributed by atoms with Crippen molar-refractivity contribution < 1.29 is 19.8 Å². The summed E-state index contributed by atoms with van der Waals surface area (Å²) in [6, 6.07) is -0.913. The lowest BCUT2D eigenvalue weighted by atomic mass is 9.92. The molecule has 0 aromatic rings. The van der Waals surface area contributed by atoms with Crippen molar-refractivity contribution >= 4 is 12.0 Å². The molecule has 0 spiro atoms. The van der Waals surface area contributed by atoms with E-state index in [1.807, 2.05) is 0 Å². The largest absolute Gasteiger partial charge is 0.481 e. The number of aliphatic hydroxyl groups excluding tert-OH is 1. The van der Waals surface area contributed by atoms with E-state index in [9.17, 15) is 14.7 Å². The predicted octanol–water partition coefficient (Wildman–Crippen LogP) is 0.794. The highest BCUT2D eigenvalue weighted by Gasteiger charge is 2.29. The van der Waals surface area contributed by atoms with Crippen LogP contribution in [0.1, 0.15) is 39.0 Å². The minimum absolute atomic E-state index is 0.104. The Morgan fingerprint density at radius 3 is 2.56 bits per heavy atom. The Balaban J connectivity index is 2.47. The molecule has 0 heterocycles. The molecule has 1 rings (SSSR count). The summed E-state index contributed by atoms with van der Waals surface area (Å²) in [6.07, 6.45) is 2.91. The summed E-state index contributed by atoms with van der Waals surface area (Å²) in [5.41, 5.74) is 0. The van der Waals surface area contributed by atoms with Gasteiger partial charge in [-0.25, -0.2) is 4.79 Å². The molecule has 6 heteroatoms. The first kappa shape index (κ1) is 14.8. The topological polar surface area (TPSA) is 89.9 Å². The molecule has 3 atom stereocenters. The maximum Gasteiger partial charge on any atom is 0.317 e. The van der Waals surface area contributed by atoms with Crippen LogP contribution < -0.4 is 5.32 Å². The van der Waals surface area contributed by atoms with E-state index in [-0.39, 0.29) is 18.5 Å². The molecule has 1 fully saturated rings. The monoisotopic (exact) mass is 258 g/mol. The van der Waals surface area contributed by atoms with Gasteiger partial charge < -0.3 is 20.4 Å². The average molecular weight is 258 g/mol. The number of carboxylic acids is 1. The van der Waals surface area contributed by atoms with Gasteiger partial charge in [0.15, 0.2) is 0 Å². The molecule has 3 N–H and O–H groups in total. The molecular formula is C12H22N2O4. The van der Waals surface area contributed by atoms with Crippen molar-refractivity contribution in [3.05, 3.63) is 0 Å². The molecule has 0 aromatic carbocycles. The van der Waals surface area contributed by atoms with Crippen LogP contribution in [0.4, 0.5) is 4.79 Å². The SMILES string of the molecule is CC(CC(=O)O)NC(=O)N(C)C1CCCCC1O. The van der Waals surface area contributed by atoms with Crippen LogP contribution in [0.15, 0.2) is 0 Å². The van der Waals surface area contributed by atoms with Crippen molar-refractivity contribution in [2.75, 3.05) is 7.05 Å². The highest BCUT2D eigenvalue weighted by molar-refractivity contribution is 5.76.